The second kappa shape index (κ2) is 13.1. The minimum absolute atomic E-state index is 0. The zero-order chi connectivity index (χ0) is 25.3. The van der Waals surface area contributed by atoms with Gasteiger partial charge < -0.3 is 24.8 Å². The fourth-order valence-corrected chi connectivity index (χ4v) is 16.4. The van der Waals surface area contributed by atoms with E-state index in [1.807, 2.05) is 6.49 Å². The van der Waals surface area contributed by atoms with Gasteiger partial charge in [-0.1, -0.05) is 0 Å². The van der Waals surface area contributed by atoms with Gasteiger partial charge in [0.15, 0.2) is 0 Å². The SMILES string of the molecule is C1=CC[C]([Zr+2](=[C]2CCCC2)[CH]2c3ccc(Cc4ccccc4)cc3-c3cc(Cc4ccccc4)ccc32)=C1.[Cl-].[Cl-]. The number of benzene rings is 4. The molecule has 0 nitrogen and oxygen atoms in total. The zero-order valence-corrected chi connectivity index (χ0v) is 26.7. The van der Waals surface area contributed by atoms with Gasteiger partial charge in [-0.25, -0.2) is 0 Å². The van der Waals surface area contributed by atoms with Crippen LogP contribution >= 0.6 is 0 Å². The molecule has 4 aromatic rings. The normalized spacial score (nSPS) is 15.0. The van der Waals surface area contributed by atoms with E-state index in [-0.39, 0.29) is 24.8 Å². The van der Waals surface area contributed by atoms with E-state index in [9.17, 15) is 0 Å². The first kappa shape index (κ1) is 29.2. The first-order valence-corrected chi connectivity index (χ1v) is 18.1. The van der Waals surface area contributed by atoms with Gasteiger partial charge in [-0.05, 0) is 0 Å². The van der Waals surface area contributed by atoms with E-state index in [0.29, 0.717) is 3.63 Å². The molecule has 1 saturated carbocycles. The molecule has 0 bridgehead atoms. The summed E-state index contributed by atoms with van der Waals surface area (Å²) in [6.45, 7) is 0. The zero-order valence-electron chi connectivity index (χ0n) is 22.8. The number of halogens is 2. The average molecular weight is 641 g/mol. The molecular weight excluding hydrogens is 607 g/mol. The Kier molecular flexibility index (Phi) is 9.58. The Morgan fingerprint density at radius 1 is 0.600 bits per heavy atom. The van der Waals surface area contributed by atoms with Gasteiger partial charge in [0, 0.05) is 0 Å². The Bertz CT molecular complexity index is 1480. The van der Waals surface area contributed by atoms with Crippen molar-refractivity contribution >= 4 is 3.21 Å². The third kappa shape index (κ3) is 5.85. The van der Waals surface area contributed by atoms with Crippen LogP contribution in [0.1, 0.15) is 69.1 Å². The molecule has 7 rings (SSSR count). The first-order valence-electron chi connectivity index (χ1n) is 14.3. The van der Waals surface area contributed by atoms with E-state index >= 15 is 0 Å². The summed E-state index contributed by atoms with van der Waals surface area (Å²) < 4.78 is 4.42. The summed E-state index contributed by atoms with van der Waals surface area (Å²) in [7, 11) is 0. The second-order valence-electron chi connectivity index (χ2n) is 11.1. The van der Waals surface area contributed by atoms with Crippen LogP contribution in [0.25, 0.3) is 11.1 Å². The fourth-order valence-electron chi connectivity index (χ4n) is 6.87. The molecule has 3 heteroatoms. The molecule has 0 amide bonds. The monoisotopic (exact) mass is 638 g/mol. The quantitative estimate of drug-likeness (QED) is 0.304. The van der Waals surface area contributed by atoms with Gasteiger partial charge >= 0.3 is 236 Å². The molecule has 0 N–H and O–H groups in total. The minimum atomic E-state index is -2.08. The molecule has 200 valence electrons. The van der Waals surface area contributed by atoms with Gasteiger partial charge in [0.1, 0.15) is 0 Å². The maximum absolute atomic E-state index is 2.54. The minimum Gasteiger partial charge on any atom is -1.00 e. The molecule has 0 atom stereocenters. The maximum atomic E-state index is 2.54. The van der Waals surface area contributed by atoms with Gasteiger partial charge in [0.25, 0.3) is 0 Å². The third-order valence-corrected chi connectivity index (χ3v) is 17.3. The average Bonchev–Trinajstić information content (AvgIpc) is 3.73. The van der Waals surface area contributed by atoms with Gasteiger partial charge in [-0.2, -0.15) is 0 Å². The standard InChI is InChI=1S/C27H21.C5H8.C5H5.2ClH.Zr/c1-3-7-20(8-4-1)15-22-11-13-24-19-25-14-12-23(18-27(25)26(24)17-22)16-21-9-5-2-6-10-21;2*1-2-4-5-3-1;;;/h1-14,17-19H,15-16H2;1-4H2;1-3H,4H2;2*1H;/q;;;;;+2/p-2. The van der Waals surface area contributed by atoms with Gasteiger partial charge in [0.2, 0.25) is 0 Å². The van der Waals surface area contributed by atoms with Crippen LogP contribution < -0.4 is 24.8 Å². The van der Waals surface area contributed by atoms with Crippen LogP contribution in [0.4, 0.5) is 0 Å². The van der Waals surface area contributed by atoms with E-state index in [4.69, 9.17) is 0 Å². The maximum Gasteiger partial charge on any atom is -1.00 e. The molecule has 4 aromatic carbocycles. The number of hydrogen-bond acceptors (Lipinski definition) is 0. The van der Waals surface area contributed by atoms with Crippen molar-refractivity contribution in [2.24, 2.45) is 0 Å². The Morgan fingerprint density at radius 3 is 1.60 bits per heavy atom. The third-order valence-electron chi connectivity index (χ3n) is 8.64. The van der Waals surface area contributed by atoms with Crippen LogP contribution in [0, 0.1) is 0 Å². The van der Waals surface area contributed by atoms with E-state index in [0.717, 1.165) is 12.8 Å². The number of rotatable bonds is 6. The summed E-state index contributed by atoms with van der Waals surface area (Å²) >= 11 is -2.08. The summed E-state index contributed by atoms with van der Waals surface area (Å²) in [5.41, 5.74) is 11.9. The summed E-state index contributed by atoms with van der Waals surface area (Å²) in [6, 6.07) is 36.8. The van der Waals surface area contributed by atoms with Gasteiger partial charge in [0.05, 0.1) is 0 Å². The summed E-state index contributed by atoms with van der Waals surface area (Å²) in [6.07, 6.45) is 16.0. The van der Waals surface area contributed by atoms with E-state index < -0.39 is 21.3 Å². The predicted molar refractivity (Wildman–Crippen MR) is 158 cm³/mol. The van der Waals surface area contributed by atoms with Crippen molar-refractivity contribution in [3.8, 4) is 11.1 Å². The molecule has 0 heterocycles. The summed E-state index contributed by atoms with van der Waals surface area (Å²) in [4.78, 5) is 0. The van der Waals surface area contributed by atoms with Crippen molar-refractivity contribution in [2.45, 2.75) is 48.6 Å². The van der Waals surface area contributed by atoms with Crippen molar-refractivity contribution in [1.29, 1.82) is 0 Å². The number of hydrogen-bond donors (Lipinski definition) is 0. The van der Waals surface area contributed by atoms with Crippen molar-refractivity contribution in [3.05, 3.63) is 152 Å². The van der Waals surface area contributed by atoms with Crippen LogP contribution in [0.2, 0.25) is 0 Å². The second-order valence-corrected chi connectivity index (χ2v) is 17.9. The smallest absolute Gasteiger partial charge is 1.00 e. The predicted octanol–water partition coefficient (Wildman–Crippen LogP) is 3.15. The molecule has 40 heavy (non-hydrogen) atoms. The van der Waals surface area contributed by atoms with Crippen molar-refractivity contribution in [3.63, 3.8) is 0 Å². The van der Waals surface area contributed by atoms with Crippen LogP contribution in [-0.4, -0.2) is 3.21 Å². The summed E-state index contributed by atoms with van der Waals surface area (Å²) in [5.74, 6) is 0. The summed E-state index contributed by atoms with van der Waals surface area (Å²) in [5, 5.41) is 0. The molecule has 1 fully saturated rings. The largest absolute Gasteiger partial charge is 1.00 e. The first-order chi connectivity index (χ1) is 18.8. The molecule has 0 spiro atoms. The molecule has 0 saturated heterocycles. The molecule has 3 aliphatic carbocycles. The van der Waals surface area contributed by atoms with Crippen LogP contribution in [-0.2, 0) is 34.1 Å². The van der Waals surface area contributed by atoms with E-state index in [1.165, 1.54) is 65.5 Å². The van der Waals surface area contributed by atoms with E-state index in [2.05, 4.69) is 115 Å². The van der Waals surface area contributed by atoms with Gasteiger partial charge in [-0.15, -0.1) is 0 Å². The topological polar surface area (TPSA) is 0 Å². The van der Waals surface area contributed by atoms with Crippen molar-refractivity contribution in [2.75, 3.05) is 0 Å². The molecule has 3 aliphatic rings. The van der Waals surface area contributed by atoms with Crippen molar-refractivity contribution < 1.29 is 46.1 Å². The molecule has 0 radical (unpaired) electrons. The number of allylic oxidation sites excluding steroid dienone is 4. The van der Waals surface area contributed by atoms with Gasteiger partial charge in [-0.3, -0.25) is 0 Å². The Balaban J connectivity index is 0.00000161. The van der Waals surface area contributed by atoms with Crippen LogP contribution in [0.3, 0.4) is 0 Å². The van der Waals surface area contributed by atoms with Crippen molar-refractivity contribution in [1.82, 2.24) is 0 Å². The number of fused-ring (bicyclic) bond motifs is 3. The van der Waals surface area contributed by atoms with Crippen LogP contribution in [0.15, 0.2) is 119 Å². The fraction of sp³-hybridized carbons (Fsp3) is 0.216. The Labute approximate surface area is 259 Å². The molecule has 0 aliphatic heterocycles. The van der Waals surface area contributed by atoms with E-state index in [1.54, 1.807) is 11.1 Å². The molecular formula is C37H34Cl2Zr. The Morgan fingerprint density at radius 2 is 1.12 bits per heavy atom. The molecule has 0 aromatic heterocycles. The molecule has 0 unspecified atom stereocenters. The Hall–Kier alpha value is -2.31. The van der Waals surface area contributed by atoms with Crippen LogP contribution in [0.5, 0.6) is 0 Å².